The first kappa shape index (κ1) is 35.9. The lowest BCUT2D eigenvalue weighted by Crippen LogP contribution is -2.41. The molecule has 4 aromatic carbocycles. The maximum absolute atomic E-state index is 13.0. The van der Waals surface area contributed by atoms with Crippen molar-refractivity contribution in [3.05, 3.63) is 124 Å². The summed E-state index contributed by atoms with van der Waals surface area (Å²) in [5, 5.41) is 6.16. The number of carbonyl (C=O) groups excluding carboxylic acids is 4. The number of hydrogen-bond acceptors (Lipinski definition) is 6. The summed E-state index contributed by atoms with van der Waals surface area (Å²) >= 11 is 5.99. The number of amides is 2. The number of ketones is 1. The first-order valence-electron chi connectivity index (χ1n) is 16.2. The van der Waals surface area contributed by atoms with Crippen molar-refractivity contribution in [3.63, 3.8) is 0 Å². The van der Waals surface area contributed by atoms with Gasteiger partial charge in [-0.2, -0.15) is 0 Å². The molecule has 0 aliphatic rings. The Morgan fingerprint density at radius 1 is 0.750 bits per heavy atom. The molecule has 0 saturated heterocycles. The SMILES string of the molecule is CCCCCCCOc1ccc(C(=O)Oc2ccc(C[C@H](NC(=O)c3ccc(NC(=O)Cc4cccc(Cl)c4)cc3)C(C)=O)cc2)cc1. The van der Waals surface area contributed by atoms with Gasteiger partial charge in [0.1, 0.15) is 11.5 Å². The number of hydrogen-bond donors (Lipinski definition) is 2. The van der Waals surface area contributed by atoms with Crippen LogP contribution in [-0.2, 0) is 22.4 Å². The molecule has 250 valence electrons. The highest BCUT2D eigenvalue weighted by molar-refractivity contribution is 6.30. The molecule has 2 N–H and O–H groups in total. The zero-order valence-electron chi connectivity index (χ0n) is 27.3. The van der Waals surface area contributed by atoms with Crippen LogP contribution in [0, 0.1) is 0 Å². The van der Waals surface area contributed by atoms with Gasteiger partial charge in [-0.15, -0.1) is 0 Å². The standard InChI is InChI=1S/C39H41ClN2O6/c1-3-4-5-6-7-23-47-34-21-15-31(16-22-34)39(46)48-35-19-11-28(12-20-35)25-36(27(2)43)42-38(45)30-13-17-33(18-14-30)41-37(44)26-29-9-8-10-32(40)24-29/h8-22,24,36H,3-7,23,25-26H2,1-2H3,(H,41,44)(H,42,45)/t36-/m0/s1. The van der Waals surface area contributed by atoms with E-state index in [1.807, 2.05) is 6.07 Å². The summed E-state index contributed by atoms with van der Waals surface area (Å²) in [5.41, 5.74) is 2.86. The first-order valence-corrected chi connectivity index (χ1v) is 16.6. The lowest BCUT2D eigenvalue weighted by Gasteiger charge is -2.17. The van der Waals surface area contributed by atoms with Crippen molar-refractivity contribution in [1.82, 2.24) is 5.32 Å². The predicted octanol–water partition coefficient (Wildman–Crippen LogP) is 8.02. The number of Topliss-reactive ketones (excluding diaryl/α,β-unsaturated/α-hetero) is 1. The second-order valence-corrected chi connectivity index (χ2v) is 12.0. The third kappa shape index (κ3) is 11.7. The number of carbonyl (C=O) groups is 4. The fraction of sp³-hybridized carbons (Fsp3) is 0.282. The highest BCUT2D eigenvalue weighted by Crippen LogP contribution is 2.19. The molecule has 0 aliphatic heterocycles. The molecule has 9 heteroatoms. The Kier molecular flexibility index (Phi) is 13.8. The summed E-state index contributed by atoms with van der Waals surface area (Å²) in [7, 11) is 0. The Hall–Kier alpha value is -4.95. The molecule has 0 fully saturated rings. The summed E-state index contributed by atoms with van der Waals surface area (Å²) in [4.78, 5) is 50.5. The summed E-state index contributed by atoms with van der Waals surface area (Å²) in [6.45, 7) is 4.26. The molecular formula is C39H41ClN2O6. The zero-order valence-corrected chi connectivity index (χ0v) is 28.1. The van der Waals surface area contributed by atoms with E-state index >= 15 is 0 Å². The Bertz CT molecular complexity index is 1670. The molecule has 4 aromatic rings. The van der Waals surface area contributed by atoms with Crippen molar-refractivity contribution < 1.29 is 28.7 Å². The van der Waals surface area contributed by atoms with Gasteiger partial charge in [0, 0.05) is 16.3 Å². The van der Waals surface area contributed by atoms with Gasteiger partial charge in [0.05, 0.1) is 24.6 Å². The van der Waals surface area contributed by atoms with Gasteiger partial charge in [0.2, 0.25) is 5.91 Å². The molecule has 0 unspecified atom stereocenters. The minimum atomic E-state index is -0.764. The number of benzene rings is 4. The lowest BCUT2D eigenvalue weighted by atomic mass is 10.0. The highest BCUT2D eigenvalue weighted by Gasteiger charge is 2.19. The summed E-state index contributed by atoms with van der Waals surface area (Å²) in [6.07, 6.45) is 6.23. The van der Waals surface area contributed by atoms with Gasteiger partial charge in [0.15, 0.2) is 5.78 Å². The summed E-state index contributed by atoms with van der Waals surface area (Å²) in [6, 6.07) is 26.4. The number of rotatable bonds is 17. The van der Waals surface area contributed by atoms with E-state index in [0.717, 1.165) is 24.0 Å². The van der Waals surface area contributed by atoms with E-state index < -0.39 is 17.9 Å². The van der Waals surface area contributed by atoms with Crippen LogP contribution in [0.1, 0.15) is 77.8 Å². The number of ether oxygens (including phenoxy) is 2. The van der Waals surface area contributed by atoms with Crippen molar-refractivity contribution in [1.29, 1.82) is 0 Å². The van der Waals surface area contributed by atoms with Gasteiger partial charge in [-0.05, 0) is 104 Å². The second kappa shape index (κ2) is 18.4. The van der Waals surface area contributed by atoms with Crippen molar-refractivity contribution in [2.75, 3.05) is 11.9 Å². The van der Waals surface area contributed by atoms with Crippen LogP contribution in [0.5, 0.6) is 11.5 Å². The van der Waals surface area contributed by atoms with Crippen LogP contribution in [0.15, 0.2) is 97.1 Å². The van der Waals surface area contributed by atoms with E-state index in [1.165, 1.54) is 26.2 Å². The Morgan fingerprint density at radius 3 is 2.08 bits per heavy atom. The fourth-order valence-electron chi connectivity index (χ4n) is 4.96. The average Bonchev–Trinajstić information content (AvgIpc) is 3.07. The van der Waals surface area contributed by atoms with E-state index in [9.17, 15) is 19.2 Å². The summed E-state index contributed by atoms with van der Waals surface area (Å²) in [5.74, 6) is -0.248. The quantitative estimate of drug-likeness (QED) is 0.0670. The number of nitrogens with one attached hydrogen (secondary N) is 2. The summed E-state index contributed by atoms with van der Waals surface area (Å²) < 4.78 is 11.3. The lowest BCUT2D eigenvalue weighted by molar-refractivity contribution is -0.119. The number of halogens is 1. The zero-order chi connectivity index (χ0) is 34.3. The van der Waals surface area contributed by atoms with E-state index in [0.29, 0.717) is 39.9 Å². The van der Waals surface area contributed by atoms with Crippen molar-refractivity contribution in [3.8, 4) is 11.5 Å². The van der Waals surface area contributed by atoms with Gasteiger partial charge < -0.3 is 20.1 Å². The van der Waals surface area contributed by atoms with E-state index in [2.05, 4.69) is 17.6 Å². The maximum atomic E-state index is 13.0. The Balaban J connectivity index is 1.24. The molecule has 0 aromatic heterocycles. The molecule has 48 heavy (non-hydrogen) atoms. The monoisotopic (exact) mass is 668 g/mol. The first-order chi connectivity index (χ1) is 23.2. The largest absolute Gasteiger partial charge is 0.494 e. The molecule has 0 radical (unpaired) electrons. The van der Waals surface area contributed by atoms with Crippen LogP contribution in [0.25, 0.3) is 0 Å². The number of esters is 1. The third-order valence-corrected chi connectivity index (χ3v) is 7.90. The van der Waals surface area contributed by atoms with Gasteiger partial charge in [-0.25, -0.2) is 4.79 Å². The number of anilines is 1. The number of unbranched alkanes of at least 4 members (excludes halogenated alkanes) is 4. The topological polar surface area (TPSA) is 111 Å². The van der Waals surface area contributed by atoms with Gasteiger partial charge in [-0.1, -0.05) is 68.5 Å². The molecule has 0 heterocycles. The second-order valence-electron chi connectivity index (χ2n) is 11.6. The van der Waals surface area contributed by atoms with Crippen LogP contribution in [0.2, 0.25) is 5.02 Å². The van der Waals surface area contributed by atoms with Crippen LogP contribution < -0.4 is 20.1 Å². The molecule has 2 amide bonds. The molecule has 0 spiro atoms. The molecular weight excluding hydrogens is 628 g/mol. The van der Waals surface area contributed by atoms with E-state index in [4.69, 9.17) is 21.1 Å². The predicted molar refractivity (Wildman–Crippen MR) is 188 cm³/mol. The van der Waals surface area contributed by atoms with Crippen LogP contribution in [0.3, 0.4) is 0 Å². The Morgan fingerprint density at radius 2 is 1.42 bits per heavy atom. The fourth-order valence-corrected chi connectivity index (χ4v) is 5.17. The van der Waals surface area contributed by atoms with Crippen molar-refractivity contribution in [2.24, 2.45) is 0 Å². The van der Waals surface area contributed by atoms with Gasteiger partial charge >= 0.3 is 5.97 Å². The average molecular weight is 669 g/mol. The van der Waals surface area contributed by atoms with Gasteiger partial charge in [0.25, 0.3) is 5.91 Å². The molecule has 1 atom stereocenters. The smallest absolute Gasteiger partial charge is 0.343 e. The van der Waals surface area contributed by atoms with Crippen LogP contribution in [0.4, 0.5) is 5.69 Å². The molecule has 0 bridgehead atoms. The highest BCUT2D eigenvalue weighted by atomic mass is 35.5. The van der Waals surface area contributed by atoms with Crippen LogP contribution >= 0.6 is 11.6 Å². The maximum Gasteiger partial charge on any atom is 0.343 e. The van der Waals surface area contributed by atoms with Gasteiger partial charge in [-0.3, -0.25) is 14.4 Å². The van der Waals surface area contributed by atoms with Crippen molar-refractivity contribution >= 4 is 40.9 Å². The Labute approximate surface area is 286 Å². The normalized spacial score (nSPS) is 11.3. The minimum Gasteiger partial charge on any atom is -0.494 e. The molecule has 8 nitrogen and oxygen atoms in total. The molecule has 0 saturated carbocycles. The van der Waals surface area contributed by atoms with Crippen molar-refractivity contribution in [2.45, 2.75) is 64.8 Å². The molecule has 4 rings (SSSR count). The third-order valence-electron chi connectivity index (χ3n) is 7.66. The minimum absolute atomic E-state index is 0.162. The van der Waals surface area contributed by atoms with E-state index in [1.54, 1.807) is 91.0 Å². The van der Waals surface area contributed by atoms with E-state index in [-0.39, 0.29) is 24.5 Å². The molecule has 0 aliphatic carbocycles. The van der Waals surface area contributed by atoms with Crippen LogP contribution in [-0.4, -0.2) is 36.2 Å².